The van der Waals surface area contributed by atoms with Gasteiger partial charge in [0.15, 0.2) is 0 Å². The van der Waals surface area contributed by atoms with Crippen LogP contribution in [0.4, 0.5) is 10.5 Å². The van der Waals surface area contributed by atoms with Crippen LogP contribution in [0.2, 0.25) is 5.02 Å². The summed E-state index contributed by atoms with van der Waals surface area (Å²) in [6.45, 7) is 0.516. The molecule has 4 amide bonds. The first-order valence-corrected chi connectivity index (χ1v) is 13.5. The van der Waals surface area contributed by atoms with Crippen molar-refractivity contribution >= 4 is 45.9 Å². The minimum absolute atomic E-state index is 0.0489. The maximum absolute atomic E-state index is 13.7. The first kappa shape index (κ1) is 23.9. The molecule has 0 bridgehead atoms. The van der Waals surface area contributed by atoms with Crippen molar-refractivity contribution in [2.24, 2.45) is 5.92 Å². The lowest BCUT2D eigenvalue weighted by atomic mass is 9.72. The number of rotatable bonds is 3. The highest BCUT2D eigenvalue weighted by atomic mass is 35.5. The highest BCUT2D eigenvalue weighted by Gasteiger charge is 2.46. The number of imide groups is 1. The number of pyridine rings is 1. The summed E-state index contributed by atoms with van der Waals surface area (Å²) in [5.41, 5.74) is 5.23. The van der Waals surface area contributed by atoms with Crippen molar-refractivity contribution < 1.29 is 14.4 Å². The molecule has 2 aliphatic heterocycles. The molecule has 8 heteroatoms. The summed E-state index contributed by atoms with van der Waals surface area (Å²) >= 11 is 6.81. The van der Waals surface area contributed by atoms with Gasteiger partial charge >= 0.3 is 6.03 Å². The molecule has 7 rings (SSSR count). The normalized spacial score (nSPS) is 22.3. The van der Waals surface area contributed by atoms with Crippen molar-refractivity contribution in [1.29, 1.82) is 0 Å². The van der Waals surface area contributed by atoms with E-state index >= 15 is 0 Å². The van der Waals surface area contributed by atoms with Gasteiger partial charge in [-0.1, -0.05) is 54.1 Å². The van der Waals surface area contributed by atoms with Crippen molar-refractivity contribution in [3.8, 4) is 11.1 Å². The minimum Gasteiger partial charge on any atom is -0.348 e. The van der Waals surface area contributed by atoms with Crippen LogP contribution in [-0.2, 0) is 11.3 Å². The van der Waals surface area contributed by atoms with E-state index in [4.69, 9.17) is 11.6 Å². The molecule has 1 saturated carbocycles. The first-order valence-electron chi connectivity index (χ1n) is 13.2. The molecule has 194 valence electrons. The van der Waals surface area contributed by atoms with Crippen LogP contribution in [-0.4, -0.2) is 28.9 Å². The fraction of sp³-hybridized carbons (Fsp3) is 0.226. The number of anilines is 1. The summed E-state index contributed by atoms with van der Waals surface area (Å²) in [6.07, 6.45) is 5.34. The van der Waals surface area contributed by atoms with Gasteiger partial charge in [-0.2, -0.15) is 0 Å². The number of amides is 4. The molecule has 2 N–H and O–H groups in total. The molecule has 0 radical (unpaired) electrons. The van der Waals surface area contributed by atoms with E-state index < -0.39 is 6.03 Å². The predicted molar refractivity (Wildman–Crippen MR) is 150 cm³/mol. The highest BCUT2D eigenvalue weighted by Crippen LogP contribution is 2.45. The Labute approximate surface area is 230 Å². The van der Waals surface area contributed by atoms with Gasteiger partial charge in [0.1, 0.15) is 0 Å². The Morgan fingerprint density at radius 1 is 0.923 bits per heavy atom. The maximum atomic E-state index is 13.7. The van der Waals surface area contributed by atoms with Crippen LogP contribution in [0, 0.1) is 5.92 Å². The largest absolute Gasteiger partial charge is 0.348 e. The van der Waals surface area contributed by atoms with E-state index in [1.165, 1.54) is 4.90 Å². The van der Waals surface area contributed by atoms with Gasteiger partial charge in [-0.3, -0.25) is 14.6 Å². The number of benzene rings is 3. The molecular formula is C31H25ClN4O3. The molecule has 3 unspecified atom stereocenters. The molecule has 39 heavy (non-hydrogen) atoms. The van der Waals surface area contributed by atoms with Gasteiger partial charge in [0.05, 0.1) is 17.8 Å². The molecule has 0 spiro atoms. The standard InChI is InChI=1S/C31H25ClN4O3/c32-25-7-3-6-22(17-8-10-23-20(12-17)15-34-29(23)37)28(25)18-9-11-24-26(13-18)35-31(39)36(30(24)38)27-16-33-14-19-4-1-2-5-21(19)27/h1-8,10,12,14,16,18,24,26H,9,11,13,15H2,(H,34,37)(H,35,39). The summed E-state index contributed by atoms with van der Waals surface area (Å²) in [6, 6.07) is 18.7. The van der Waals surface area contributed by atoms with Gasteiger partial charge in [-0.15, -0.1) is 0 Å². The lowest BCUT2D eigenvalue weighted by molar-refractivity contribution is -0.124. The van der Waals surface area contributed by atoms with Crippen molar-refractivity contribution in [3.05, 3.63) is 94.8 Å². The van der Waals surface area contributed by atoms with Crippen molar-refractivity contribution in [3.63, 3.8) is 0 Å². The number of halogens is 1. The van der Waals surface area contributed by atoms with E-state index in [1.807, 2.05) is 48.5 Å². The third kappa shape index (κ3) is 3.88. The smallest absolute Gasteiger partial charge is 0.329 e. The Morgan fingerprint density at radius 3 is 2.69 bits per heavy atom. The topological polar surface area (TPSA) is 91.4 Å². The molecule has 3 atom stereocenters. The zero-order chi connectivity index (χ0) is 26.7. The molecule has 7 nitrogen and oxygen atoms in total. The third-order valence-electron chi connectivity index (χ3n) is 8.35. The van der Waals surface area contributed by atoms with Gasteiger partial charge in [0, 0.05) is 40.1 Å². The van der Waals surface area contributed by atoms with Gasteiger partial charge < -0.3 is 10.6 Å². The number of urea groups is 1. The first-order chi connectivity index (χ1) is 19.0. The van der Waals surface area contributed by atoms with E-state index in [1.54, 1.807) is 12.4 Å². The number of aromatic nitrogens is 1. The van der Waals surface area contributed by atoms with Crippen LogP contribution in [0.25, 0.3) is 21.9 Å². The fourth-order valence-electron chi connectivity index (χ4n) is 6.49. The van der Waals surface area contributed by atoms with E-state index in [-0.39, 0.29) is 29.7 Å². The van der Waals surface area contributed by atoms with E-state index in [9.17, 15) is 14.4 Å². The summed E-state index contributed by atoms with van der Waals surface area (Å²) < 4.78 is 0. The number of carbonyl (C=O) groups is 3. The second kappa shape index (κ2) is 9.20. The molecule has 3 aliphatic rings. The number of nitrogens with zero attached hydrogens (tertiary/aromatic N) is 2. The van der Waals surface area contributed by atoms with Crippen LogP contribution in [0.5, 0.6) is 0 Å². The Balaban J connectivity index is 1.19. The monoisotopic (exact) mass is 536 g/mol. The van der Waals surface area contributed by atoms with Gasteiger partial charge in [-0.05, 0) is 65.6 Å². The molecule has 1 aliphatic carbocycles. The molecular weight excluding hydrogens is 512 g/mol. The minimum atomic E-state index is -0.421. The number of carbonyl (C=O) groups excluding carboxylic acids is 3. The zero-order valence-electron chi connectivity index (χ0n) is 21.0. The molecule has 3 aromatic carbocycles. The van der Waals surface area contributed by atoms with Crippen LogP contribution in [0.3, 0.4) is 0 Å². The Bertz CT molecular complexity index is 1680. The van der Waals surface area contributed by atoms with Crippen LogP contribution in [0.1, 0.15) is 46.7 Å². The molecule has 4 aromatic rings. The molecule has 1 aromatic heterocycles. The summed E-state index contributed by atoms with van der Waals surface area (Å²) in [4.78, 5) is 44.7. The summed E-state index contributed by atoms with van der Waals surface area (Å²) in [7, 11) is 0. The van der Waals surface area contributed by atoms with Crippen molar-refractivity contribution in [2.45, 2.75) is 37.8 Å². The Morgan fingerprint density at radius 2 is 1.79 bits per heavy atom. The maximum Gasteiger partial charge on any atom is 0.329 e. The lowest BCUT2D eigenvalue weighted by Gasteiger charge is -2.43. The van der Waals surface area contributed by atoms with Gasteiger partial charge in [0.2, 0.25) is 5.91 Å². The van der Waals surface area contributed by atoms with Crippen LogP contribution < -0.4 is 15.5 Å². The Hall–Kier alpha value is -4.23. The van der Waals surface area contributed by atoms with Gasteiger partial charge in [0.25, 0.3) is 5.91 Å². The third-order valence-corrected chi connectivity index (χ3v) is 8.68. The lowest BCUT2D eigenvalue weighted by Crippen LogP contribution is -2.61. The van der Waals surface area contributed by atoms with Crippen molar-refractivity contribution in [1.82, 2.24) is 15.6 Å². The number of hydrogen-bond acceptors (Lipinski definition) is 4. The van der Waals surface area contributed by atoms with Crippen LogP contribution >= 0.6 is 11.6 Å². The second-order valence-electron chi connectivity index (χ2n) is 10.5. The molecule has 2 fully saturated rings. The number of fused-ring (bicyclic) bond motifs is 3. The SMILES string of the molecule is O=C1NCc2cc(-c3cccc(Cl)c3C3CCC4C(=O)N(c5cncc6ccccc56)C(=O)NC4C3)ccc21. The van der Waals surface area contributed by atoms with Gasteiger partial charge in [-0.25, -0.2) is 9.69 Å². The average Bonchev–Trinajstić information content (AvgIpc) is 3.32. The molecule has 3 heterocycles. The van der Waals surface area contributed by atoms with Crippen LogP contribution in [0.15, 0.2) is 73.1 Å². The van der Waals surface area contributed by atoms with E-state index in [2.05, 4.69) is 27.8 Å². The van der Waals surface area contributed by atoms with Crippen molar-refractivity contribution in [2.75, 3.05) is 4.90 Å². The summed E-state index contributed by atoms with van der Waals surface area (Å²) in [5, 5.41) is 8.36. The predicted octanol–water partition coefficient (Wildman–Crippen LogP) is 5.81. The number of nitrogens with one attached hydrogen (secondary N) is 2. The quantitative estimate of drug-likeness (QED) is 0.346. The fourth-order valence-corrected chi connectivity index (χ4v) is 6.82. The molecule has 1 saturated heterocycles. The highest BCUT2D eigenvalue weighted by molar-refractivity contribution is 6.32. The second-order valence-corrected chi connectivity index (χ2v) is 10.9. The zero-order valence-corrected chi connectivity index (χ0v) is 21.7. The van der Waals surface area contributed by atoms with E-state index in [0.717, 1.165) is 39.4 Å². The summed E-state index contributed by atoms with van der Waals surface area (Å²) in [5.74, 6) is -0.481. The van der Waals surface area contributed by atoms with E-state index in [0.29, 0.717) is 35.7 Å². The Kier molecular flexibility index (Phi) is 5.63. The number of hydrogen-bond donors (Lipinski definition) is 2. The average molecular weight is 537 g/mol.